The molecular weight excluding hydrogens is 428 g/mol. The smallest absolute Gasteiger partial charge is 0.232 e. The topological polar surface area (TPSA) is 84.9 Å². The van der Waals surface area contributed by atoms with E-state index in [2.05, 4.69) is 19.2 Å². The van der Waals surface area contributed by atoms with E-state index < -0.39 is 10.0 Å². The fourth-order valence-corrected chi connectivity index (χ4v) is 4.44. The van der Waals surface area contributed by atoms with Gasteiger partial charge in [0.2, 0.25) is 15.9 Å². The number of rotatable bonds is 12. The number of hydrogen-bond acceptors (Lipinski definition) is 5. The molecular formula is C24H34N2O5S. The summed E-state index contributed by atoms with van der Waals surface area (Å²) in [5, 5.41) is 3.10. The summed E-state index contributed by atoms with van der Waals surface area (Å²) in [6, 6.07) is 14.4. The predicted molar refractivity (Wildman–Crippen MR) is 128 cm³/mol. The number of ether oxygens (including phenoxy) is 2. The van der Waals surface area contributed by atoms with E-state index in [0.717, 1.165) is 24.0 Å². The fourth-order valence-electron chi connectivity index (χ4n) is 3.49. The maximum Gasteiger partial charge on any atom is 0.232 e. The zero-order chi connectivity index (χ0) is 23.7. The first-order valence-electron chi connectivity index (χ1n) is 10.7. The molecule has 2 aromatic carbocycles. The fraction of sp³-hybridized carbons (Fsp3) is 0.458. The molecule has 0 spiro atoms. The van der Waals surface area contributed by atoms with Crippen molar-refractivity contribution in [2.45, 2.75) is 39.2 Å². The van der Waals surface area contributed by atoms with E-state index in [4.69, 9.17) is 9.47 Å². The highest BCUT2D eigenvalue weighted by atomic mass is 32.2. The molecule has 0 heterocycles. The third-order valence-electron chi connectivity index (χ3n) is 5.07. The molecule has 7 nitrogen and oxygen atoms in total. The van der Waals surface area contributed by atoms with Gasteiger partial charge in [0.25, 0.3) is 0 Å². The van der Waals surface area contributed by atoms with Crippen LogP contribution in [0.5, 0.6) is 11.5 Å². The number of hydrogen-bond donors (Lipinski definition) is 1. The molecule has 2 rings (SSSR count). The van der Waals surface area contributed by atoms with Crippen molar-refractivity contribution in [3.8, 4) is 11.5 Å². The molecule has 1 atom stereocenters. The summed E-state index contributed by atoms with van der Waals surface area (Å²) in [6.07, 6.45) is 2.58. The number of nitrogens with zero attached hydrogens (tertiary/aromatic N) is 1. The molecule has 1 amide bonds. The van der Waals surface area contributed by atoms with Crippen LogP contribution in [-0.4, -0.2) is 41.3 Å². The van der Waals surface area contributed by atoms with Gasteiger partial charge in [0.15, 0.2) is 0 Å². The molecule has 0 radical (unpaired) electrons. The minimum absolute atomic E-state index is 0.106. The lowest BCUT2D eigenvalue weighted by Gasteiger charge is -2.24. The maximum absolute atomic E-state index is 12.7. The van der Waals surface area contributed by atoms with Gasteiger partial charge < -0.3 is 14.8 Å². The van der Waals surface area contributed by atoms with Gasteiger partial charge in [0.05, 0.1) is 32.2 Å². The monoisotopic (exact) mass is 462 g/mol. The number of carbonyl (C=O) groups is 1. The van der Waals surface area contributed by atoms with Crippen molar-refractivity contribution in [2.24, 2.45) is 5.92 Å². The lowest BCUT2D eigenvalue weighted by atomic mass is 9.96. The van der Waals surface area contributed by atoms with Crippen molar-refractivity contribution in [3.63, 3.8) is 0 Å². The minimum Gasteiger partial charge on any atom is -0.497 e. The first-order valence-corrected chi connectivity index (χ1v) is 12.5. The second kappa shape index (κ2) is 11.8. The number of methoxy groups -OCH3 is 2. The molecule has 1 N–H and O–H groups in total. The molecule has 0 aliphatic heterocycles. The molecule has 0 aromatic heterocycles. The van der Waals surface area contributed by atoms with Crippen molar-refractivity contribution in [1.82, 2.24) is 5.32 Å². The van der Waals surface area contributed by atoms with Gasteiger partial charge in [-0.1, -0.05) is 32.0 Å². The summed E-state index contributed by atoms with van der Waals surface area (Å²) >= 11 is 0. The molecule has 176 valence electrons. The number of benzene rings is 2. The highest BCUT2D eigenvalue weighted by Gasteiger charge is 2.20. The van der Waals surface area contributed by atoms with Crippen LogP contribution in [0.3, 0.4) is 0 Å². The summed E-state index contributed by atoms with van der Waals surface area (Å²) in [6.45, 7) is 4.43. The third kappa shape index (κ3) is 7.75. The van der Waals surface area contributed by atoms with Gasteiger partial charge in [-0.25, -0.2) is 8.42 Å². The Bertz CT molecular complexity index is 974. The van der Waals surface area contributed by atoms with Crippen LogP contribution in [-0.2, 0) is 14.8 Å². The van der Waals surface area contributed by atoms with E-state index in [1.54, 1.807) is 31.4 Å². The second-order valence-corrected chi connectivity index (χ2v) is 10.1. The average molecular weight is 463 g/mol. The highest BCUT2D eigenvalue weighted by Crippen LogP contribution is 2.25. The number of nitrogens with one attached hydrogen (secondary N) is 1. The molecule has 0 aliphatic carbocycles. The zero-order valence-corrected chi connectivity index (χ0v) is 20.3. The van der Waals surface area contributed by atoms with Gasteiger partial charge in [0, 0.05) is 19.0 Å². The van der Waals surface area contributed by atoms with Gasteiger partial charge in [-0.15, -0.1) is 0 Å². The van der Waals surface area contributed by atoms with Crippen LogP contribution >= 0.6 is 0 Å². The minimum atomic E-state index is -3.50. The molecule has 2 aromatic rings. The van der Waals surface area contributed by atoms with Crippen LogP contribution in [0.1, 0.15) is 44.7 Å². The Morgan fingerprint density at radius 3 is 2.25 bits per heavy atom. The van der Waals surface area contributed by atoms with Crippen LogP contribution in [0.25, 0.3) is 0 Å². The molecule has 1 unspecified atom stereocenters. The summed E-state index contributed by atoms with van der Waals surface area (Å²) in [5.74, 6) is 1.63. The van der Waals surface area contributed by atoms with Gasteiger partial charge in [-0.3, -0.25) is 9.10 Å². The maximum atomic E-state index is 12.7. The van der Waals surface area contributed by atoms with Gasteiger partial charge in [-0.05, 0) is 48.6 Å². The largest absolute Gasteiger partial charge is 0.497 e. The lowest BCUT2D eigenvalue weighted by Crippen LogP contribution is -2.33. The Kier molecular flexibility index (Phi) is 9.38. The first-order chi connectivity index (χ1) is 15.1. The Balaban J connectivity index is 2.02. The highest BCUT2D eigenvalue weighted by molar-refractivity contribution is 7.92. The second-order valence-electron chi connectivity index (χ2n) is 8.16. The van der Waals surface area contributed by atoms with Crippen LogP contribution in [0, 0.1) is 5.92 Å². The Morgan fingerprint density at radius 1 is 1.03 bits per heavy atom. The van der Waals surface area contributed by atoms with Crippen LogP contribution in [0.15, 0.2) is 48.5 Å². The van der Waals surface area contributed by atoms with Crippen molar-refractivity contribution in [2.75, 3.05) is 31.3 Å². The number of anilines is 1. The van der Waals surface area contributed by atoms with Crippen molar-refractivity contribution in [3.05, 3.63) is 54.1 Å². The molecule has 0 bridgehead atoms. The summed E-state index contributed by atoms with van der Waals surface area (Å²) < 4.78 is 36.4. The molecule has 0 aliphatic rings. The lowest BCUT2D eigenvalue weighted by molar-refractivity contribution is -0.122. The van der Waals surface area contributed by atoms with Gasteiger partial charge in [0.1, 0.15) is 11.5 Å². The number of carbonyl (C=O) groups excluding carboxylic acids is 1. The van der Waals surface area contributed by atoms with E-state index in [-0.39, 0.29) is 24.9 Å². The molecule has 0 saturated carbocycles. The van der Waals surface area contributed by atoms with Crippen molar-refractivity contribution < 1.29 is 22.7 Å². The molecule has 0 saturated heterocycles. The zero-order valence-electron chi connectivity index (χ0n) is 19.5. The van der Waals surface area contributed by atoms with E-state index >= 15 is 0 Å². The Labute approximate surface area is 191 Å². The van der Waals surface area contributed by atoms with Crippen LogP contribution in [0.4, 0.5) is 5.69 Å². The molecule has 32 heavy (non-hydrogen) atoms. The van der Waals surface area contributed by atoms with Crippen LogP contribution < -0.4 is 19.1 Å². The standard InChI is InChI=1S/C24H34N2O5S/c1-18(2)16-23(19-11-13-21(30-3)14-12-19)25-24(27)10-7-15-26(32(5,28)29)20-8-6-9-22(17-20)31-4/h6,8-9,11-14,17-18,23H,7,10,15-16H2,1-5H3,(H,25,27). The third-order valence-corrected chi connectivity index (χ3v) is 6.26. The normalized spacial score (nSPS) is 12.3. The first kappa shape index (κ1) is 25.5. The summed E-state index contributed by atoms with van der Waals surface area (Å²) in [4.78, 5) is 12.7. The predicted octanol–water partition coefficient (Wildman–Crippen LogP) is 4.15. The van der Waals surface area contributed by atoms with Gasteiger partial charge >= 0.3 is 0 Å². The van der Waals surface area contributed by atoms with E-state index in [1.165, 1.54) is 11.4 Å². The number of amides is 1. The van der Waals surface area contributed by atoms with E-state index in [1.807, 2.05) is 24.3 Å². The number of sulfonamides is 1. The summed E-state index contributed by atoms with van der Waals surface area (Å²) in [7, 11) is -0.344. The SMILES string of the molecule is COc1ccc(C(CC(C)C)NC(=O)CCCN(c2cccc(OC)c2)S(C)(=O)=O)cc1. The van der Waals surface area contributed by atoms with Crippen molar-refractivity contribution >= 4 is 21.6 Å². The quantitative estimate of drug-likeness (QED) is 0.512. The Morgan fingerprint density at radius 2 is 1.69 bits per heavy atom. The molecule has 0 fully saturated rings. The Hall–Kier alpha value is -2.74. The molecule has 8 heteroatoms. The van der Waals surface area contributed by atoms with E-state index in [0.29, 0.717) is 23.8 Å². The summed E-state index contributed by atoms with van der Waals surface area (Å²) in [5.41, 5.74) is 1.53. The van der Waals surface area contributed by atoms with Crippen LogP contribution in [0.2, 0.25) is 0 Å². The van der Waals surface area contributed by atoms with E-state index in [9.17, 15) is 13.2 Å². The van der Waals surface area contributed by atoms with Crippen molar-refractivity contribution in [1.29, 1.82) is 0 Å². The van der Waals surface area contributed by atoms with Gasteiger partial charge in [-0.2, -0.15) is 0 Å². The average Bonchev–Trinajstić information content (AvgIpc) is 2.75.